The Morgan fingerprint density at radius 1 is 0.795 bits per heavy atom. The molecule has 0 aliphatic heterocycles. The fourth-order valence-corrected chi connectivity index (χ4v) is 5.55. The summed E-state index contributed by atoms with van der Waals surface area (Å²) in [7, 11) is 0.340. The molecule has 5 rings (SSSR count). The lowest BCUT2D eigenvalue weighted by atomic mass is 10.2. The number of methoxy groups -OCH3 is 3. The number of aromatic nitrogens is 2. The third-order valence-electron chi connectivity index (χ3n) is 6.55. The van der Waals surface area contributed by atoms with E-state index in [-0.39, 0.29) is 23.1 Å². The van der Waals surface area contributed by atoms with Gasteiger partial charge in [0.15, 0.2) is 11.6 Å². The van der Waals surface area contributed by atoms with E-state index in [1.54, 1.807) is 77.7 Å². The summed E-state index contributed by atoms with van der Waals surface area (Å²) in [4.78, 5) is 22.7. The van der Waals surface area contributed by atoms with Gasteiger partial charge in [0.2, 0.25) is 5.91 Å². The van der Waals surface area contributed by atoms with Crippen LogP contribution in [-0.2, 0) is 14.8 Å². The second-order valence-corrected chi connectivity index (χ2v) is 11.1. The van der Waals surface area contributed by atoms with Crippen LogP contribution in [0.25, 0.3) is 11.0 Å². The van der Waals surface area contributed by atoms with Crippen LogP contribution >= 0.6 is 0 Å². The molecule has 1 aromatic heterocycles. The second-order valence-electron chi connectivity index (χ2n) is 9.46. The number of primary amides is 1. The van der Waals surface area contributed by atoms with Crippen molar-refractivity contribution < 1.29 is 27.4 Å². The molecule has 226 valence electrons. The van der Waals surface area contributed by atoms with Crippen LogP contribution in [0.2, 0.25) is 0 Å². The van der Waals surface area contributed by atoms with E-state index in [0.717, 1.165) is 0 Å². The lowest BCUT2D eigenvalue weighted by molar-refractivity contribution is -0.116. The summed E-state index contributed by atoms with van der Waals surface area (Å²) in [5.74, 6) is 1.04. The first kappa shape index (κ1) is 29.9. The van der Waals surface area contributed by atoms with E-state index in [1.165, 1.54) is 33.5 Å². The number of benzene rings is 4. The highest BCUT2D eigenvalue weighted by Crippen LogP contribution is 2.35. The fraction of sp³-hybridized carbons (Fsp3) is 0.129. The molecule has 0 spiro atoms. The average molecular weight is 615 g/mol. The Kier molecular flexibility index (Phi) is 8.67. The van der Waals surface area contributed by atoms with Crippen LogP contribution in [0.15, 0.2) is 95.9 Å². The Hall–Kier alpha value is -5.56. The number of hydrogen-bond acceptors (Lipinski definition) is 10. The fourth-order valence-electron chi connectivity index (χ4n) is 4.50. The van der Waals surface area contributed by atoms with Crippen LogP contribution < -0.4 is 34.9 Å². The summed E-state index contributed by atoms with van der Waals surface area (Å²) in [5.41, 5.74) is 8.07. The molecular weight excluding hydrogens is 584 g/mol. The molecule has 5 aromatic rings. The Labute approximate surface area is 254 Å². The molecule has 4 N–H and O–H groups in total. The van der Waals surface area contributed by atoms with Gasteiger partial charge in [-0.05, 0) is 42.5 Å². The molecule has 0 aliphatic rings. The summed E-state index contributed by atoms with van der Waals surface area (Å²) < 4.78 is 46.4. The summed E-state index contributed by atoms with van der Waals surface area (Å²) in [5, 5.41) is 3.14. The number of fused-ring (bicyclic) bond motifs is 1. The van der Waals surface area contributed by atoms with Crippen molar-refractivity contribution in [3.8, 4) is 17.2 Å². The van der Waals surface area contributed by atoms with Crippen molar-refractivity contribution in [2.24, 2.45) is 5.73 Å². The largest absolute Gasteiger partial charge is 0.497 e. The van der Waals surface area contributed by atoms with Crippen molar-refractivity contribution in [2.45, 2.75) is 4.90 Å². The summed E-state index contributed by atoms with van der Waals surface area (Å²) >= 11 is 0. The van der Waals surface area contributed by atoms with Gasteiger partial charge >= 0.3 is 0 Å². The number of anilines is 5. The van der Waals surface area contributed by atoms with Gasteiger partial charge < -0.3 is 30.2 Å². The van der Waals surface area contributed by atoms with Gasteiger partial charge in [-0.2, -0.15) is 0 Å². The van der Waals surface area contributed by atoms with Crippen molar-refractivity contribution in [3.05, 3.63) is 91.0 Å². The number of ether oxygens (including phenoxy) is 3. The highest BCUT2D eigenvalue weighted by Gasteiger charge is 2.22. The molecule has 0 aliphatic carbocycles. The molecule has 0 unspecified atom stereocenters. The highest BCUT2D eigenvalue weighted by atomic mass is 32.2. The van der Waals surface area contributed by atoms with Gasteiger partial charge in [0.1, 0.15) is 23.8 Å². The lowest BCUT2D eigenvalue weighted by Gasteiger charge is -2.25. The number of nitrogens with two attached hydrogens (primary N) is 1. The van der Waals surface area contributed by atoms with Crippen LogP contribution in [0.1, 0.15) is 0 Å². The number of nitrogens with one attached hydrogen (secondary N) is 2. The number of sulfonamides is 1. The molecule has 13 heteroatoms. The van der Waals surface area contributed by atoms with Crippen LogP contribution in [0.5, 0.6) is 17.2 Å². The first-order valence-corrected chi connectivity index (χ1v) is 14.8. The standard InChI is InChI=1S/C31H30N6O6S/c1-41-22-15-20(16-23(18-22)42-2)33-30-31(35-26-12-5-4-11-25(26)34-30)36-44(39,40)24-10-8-9-21(17-24)37(19-29(32)38)27-13-6-7-14-28(27)43-3/h4-18H,19H2,1-3H3,(H2,32,38)(H,33,34)(H,35,36). The van der Waals surface area contributed by atoms with E-state index in [0.29, 0.717) is 45.3 Å². The predicted octanol–water partition coefficient (Wildman–Crippen LogP) is 4.82. The minimum absolute atomic E-state index is 0.0328. The molecule has 0 saturated carbocycles. The molecule has 0 fully saturated rings. The number of nitrogens with zero attached hydrogens (tertiary/aromatic N) is 3. The summed E-state index contributed by atoms with van der Waals surface area (Å²) in [6.45, 7) is -0.217. The molecule has 44 heavy (non-hydrogen) atoms. The number of carbonyl (C=O) groups excluding carboxylic acids is 1. The van der Waals surface area contributed by atoms with Crippen molar-refractivity contribution in [1.29, 1.82) is 0 Å². The Balaban J connectivity index is 1.55. The van der Waals surface area contributed by atoms with E-state index in [1.807, 2.05) is 6.07 Å². The zero-order chi connectivity index (χ0) is 31.3. The highest BCUT2D eigenvalue weighted by molar-refractivity contribution is 7.92. The molecular formula is C31H30N6O6S. The summed E-state index contributed by atoms with van der Waals surface area (Å²) in [6.07, 6.45) is 0. The van der Waals surface area contributed by atoms with E-state index in [2.05, 4.69) is 20.0 Å². The van der Waals surface area contributed by atoms with Gasteiger partial charge in [0.05, 0.1) is 42.9 Å². The molecule has 0 bridgehead atoms. The average Bonchev–Trinajstić information content (AvgIpc) is 3.03. The molecule has 1 heterocycles. The Morgan fingerprint density at radius 3 is 2.07 bits per heavy atom. The zero-order valence-electron chi connectivity index (χ0n) is 24.1. The minimum Gasteiger partial charge on any atom is -0.497 e. The summed E-state index contributed by atoms with van der Waals surface area (Å²) in [6, 6.07) is 25.4. The molecule has 12 nitrogen and oxygen atoms in total. The maximum absolute atomic E-state index is 13.8. The smallest absolute Gasteiger partial charge is 0.263 e. The van der Waals surface area contributed by atoms with Gasteiger partial charge in [0, 0.05) is 29.6 Å². The van der Waals surface area contributed by atoms with Gasteiger partial charge in [0.25, 0.3) is 10.0 Å². The lowest BCUT2D eigenvalue weighted by Crippen LogP contribution is -2.30. The van der Waals surface area contributed by atoms with Crippen molar-refractivity contribution >= 4 is 55.7 Å². The zero-order valence-corrected chi connectivity index (χ0v) is 25.0. The molecule has 0 atom stereocenters. The topological polar surface area (TPSA) is 158 Å². The molecule has 0 saturated heterocycles. The van der Waals surface area contributed by atoms with Gasteiger partial charge in [-0.25, -0.2) is 18.4 Å². The number of carbonyl (C=O) groups is 1. The number of amides is 1. The van der Waals surface area contributed by atoms with Gasteiger partial charge in [-0.1, -0.05) is 30.3 Å². The van der Waals surface area contributed by atoms with Crippen molar-refractivity contribution in [2.75, 3.05) is 42.8 Å². The van der Waals surface area contributed by atoms with E-state index in [4.69, 9.17) is 19.9 Å². The van der Waals surface area contributed by atoms with Crippen LogP contribution in [-0.4, -0.2) is 52.2 Å². The maximum atomic E-state index is 13.8. The normalized spacial score (nSPS) is 11.1. The Bertz CT molecular complexity index is 1910. The monoisotopic (exact) mass is 614 g/mol. The van der Waals surface area contributed by atoms with Crippen LogP contribution in [0.3, 0.4) is 0 Å². The molecule has 0 radical (unpaired) electrons. The van der Waals surface area contributed by atoms with E-state index < -0.39 is 15.9 Å². The first-order chi connectivity index (χ1) is 21.2. The first-order valence-electron chi connectivity index (χ1n) is 13.3. The van der Waals surface area contributed by atoms with Crippen molar-refractivity contribution in [1.82, 2.24) is 9.97 Å². The SMILES string of the molecule is COc1cc(Nc2nc3ccccc3nc2NS(=O)(=O)c2cccc(N(CC(N)=O)c3ccccc3OC)c2)cc(OC)c1. The second kappa shape index (κ2) is 12.8. The molecule has 1 amide bonds. The maximum Gasteiger partial charge on any atom is 0.263 e. The third-order valence-corrected chi connectivity index (χ3v) is 7.88. The number of rotatable bonds is 12. The minimum atomic E-state index is -4.22. The number of hydrogen-bond donors (Lipinski definition) is 3. The molecule has 4 aromatic carbocycles. The van der Waals surface area contributed by atoms with Gasteiger partial charge in [-0.3, -0.25) is 9.52 Å². The third kappa shape index (κ3) is 6.57. The van der Waals surface area contributed by atoms with E-state index >= 15 is 0 Å². The van der Waals surface area contributed by atoms with Crippen molar-refractivity contribution in [3.63, 3.8) is 0 Å². The Morgan fingerprint density at radius 2 is 1.43 bits per heavy atom. The van der Waals surface area contributed by atoms with Crippen LogP contribution in [0.4, 0.5) is 28.7 Å². The van der Waals surface area contributed by atoms with Crippen LogP contribution in [0, 0.1) is 0 Å². The van der Waals surface area contributed by atoms with Gasteiger partial charge in [-0.15, -0.1) is 0 Å². The quantitative estimate of drug-likeness (QED) is 0.178. The van der Waals surface area contributed by atoms with E-state index in [9.17, 15) is 13.2 Å². The number of para-hydroxylation sites is 4. The predicted molar refractivity (Wildman–Crippen MR) is 169 cm³/mol.